The van der Waals surface area contributed by atoms with Gasteiger partial charge in [0.2, 0.25) is 10.3 Å². The molecule has 0 atom stereocenters. The highest BCUT2D eigenvalue weighted by molar-refractivity contribution is 7.71. The van der Waals surface area contributed by atoms with Crippen molar-refractivity contribution in [1.82, 2.24) is 5.32 Å². The van der Waals surface area contributed by atoms with E-state index in [1.165, 1.54) is 0 Å². The number of unbranched alkanes of at least 4 members (excludes halogenated alkanes) is 3. The predicted molar refractivity (Wildman–Crippen MR) is 66.6 cm³/mol. The van der Waals surface area contributed by atoms with Gasteiger partial charge in [0.1, 0.15) is 6.61 Å². The number of carbonyl (C=O) groups excluding carboxylic acids is 1. The molecule has 0 aliphatic heterocycles. The summed E-state index contributed by atoms with van der Waals surface area (Å²) in [6.45, 7) is 0.439. The first-order valence-corrected chi connectivity index (χ1v) is 6.23. The molecule has 0 fully saturated rings. The van der Waals surface area contributed by atoms with Crippen LogP contribution in [0.3, 0.4) is 0 Å². The summed E-state index contributed by atoms with van der Waals surface area (Å²) in [6.07, 6.45) is 2.82. The lowest BCUT2D eigenvalue weighted by Crippen LogP contribution is -2.25. The first-order valence-electron chi connectivity index (χ1n) is 5.09. The minimum absolute atomic E-state index is 0. The molecule has 0 aromatic heterocycles. The van der Waals surface area contributed by atoms with Crippen molar-refractivity contribution < 1.29 is 23.1 Å². The maximum Gasteiger partial charge on any atom is 0.407 e. The fourth-order valence-electron chi connectivity index (χ4n) is 0.997. The van der Waals surface area contributed by atoms with Crippen LogP contribution >= 0.6 is 0 Å². The lowest BCUT2D eigenvalue weighted by molar-refractivity contribution is 0.163. The Morgan fingerprint density at radius 1 is 1.24 bits per heavy atom. The Labute approximate surface area is 104 Å². The van der Waals surface area contributed by atoms with Gasteiger partial charge in [-0.2, -0.15) is 8.42 Å². The van der Waals surface area contributed by atoms with Crippen LogP contribution in [0, 0.1) is 0 Å². The van der Waals surface area contributed by atoms with E-state index in [0.717, 1.165) is 31.1 Å². The van der Waals surface area contributed by atoms with E-state index in [1.54, 1.807) is 0 Å². The summed E-state index contributed by atoms with van der Waals surface area (Å²) < 4.78 is 24.6. The zero-order valence-corrected chi connectivity index (χ0v) is 9.83. The van der Waals surface area contributed by atoms with E-state index in [0.29, 0.717) is 6.54 Å². The van der Waals surface area contributed by atoms with Gasteiger partial charge in [0.05, 0.1) is 5.37 Å². The molecule has 0 saturated heterocycles. The summed E-state index contributed by atoms with van der Waals surface area (Å²) >= 11 is 0. The van der Waals surface area contributed by atoms with Crippen LogP contribution in [0.1, 0.15) is 33.1 Å². The second-order valence-electron chi connectivity index (χ2n) is 3.09. The fraction of sp³-hybridized carbons (Fsp3) is 0.800. The van der Waals surface area contributed by atoms with Gasteiger partial charge < -0.3 is 15.2 Å². The smallest absolute Gasteiger partial charge is 0.407 e. The van der Waals surface area contributed by atoms with Gasteiger partial charge >= 0.3 is 6.09 Å². The predicted octanol–water partition coefficient (Wildman–Crippen LogP) is 0.583. The van der Waals surface area contributed by atoms with E-state index in [4.69, 9.17) is 5.11 Å². The Bertz CT molecular complexity index is 305. The number of aliphatic hydroxyl groups is 1. The Morgan fingerprint density at radius 3 is 2.47 bits per heavy atom. The average Bonchev–Trinajstić information content (AvgIpc) is 2.22. The minimum atomic E-state index is -2.30. The molecule has 0 aliphatic carbocycles. The van der Waals surface area contributed by atoms with Gasteiger partial charge in [-0.3, -0.25) is 0 Å². The number of amides is 1. The van der Waals surface area contributed by atoms with Gasteiger partial charge in [0.15, 0.2) is 0 Å². The van der Waals surface area contributed by atoms with Crippen molar-refractivity contribution in [3.05, 3.63) is 0 Å². The summed E-state index contributed by atoms with van der Waals surface area (Å²) in [5.41, 5.74) is 0. The monoisotopic (exact) mass is 267 g/mol. The highest BCUT2D eigenvalue weighted by Gasteiger charge is 1.98. The highest BCUT2D eigenvalue weighted by atomic mass is 32.2. The van der Waals surface area contributed by atoms with Gasteiger partial charge in [-0.05, 0) is 12.8 Å². The van der Waals surface area contributed by atoms with Crippen LogP contribution in [0.25, 0.3) is 0 Å². The quantitative estimate of drug-likeness (QED) is 0.496. The van der Waals surface area contributed by atoms with E-state index in [2.05, 4.69) is 10.1 Å². The second-order valence-corrected chi connectivity index (χ2v) is 3.94. The van der Waals surface area contributed by atoms with E-state index in [1.807, 2.05) is 0 Å². The highest BCUT2D eigenvalue weighted by Crippen LogP contribution is 1.97. The molecule has 0 aliphatic rings. The normalized spacial score (nSPS) is 9.00. The Balaban J connectivity index is 0. The molecule has 2 N–H and O–H groups in total. The third-order valence-electron chi connectivity index (χ3n) is 1.77. The molecule has 0 aromatic carbocycles. The maximum atomic E-state index is 10.9. The van der Waals surface area contributed by atoms with Gasteiger partial charge in [-0.25, -0.2) is 4.79 Å². The zero-order valence-electron chi connectivity index (χ0n) is 9.02. The molecule has 1 amide bonds. The number of carbonyl (C=O) groups is 1. The Kier molecular flexibility index (Phi) is 14.0. The topological polar surface area (TPSA) is 92.7 Å². The molecule has 0 saturated carbocycles. The largest absolute Gasteiger partial charge is 0.444 e. The van der Waals surface area contributed by atoms with E-state index in [-0.39, 0.29) is 20.6 Å². The van der Waals surface area contributed by atoms with Crippen molar-refractivity contribution in [2.24, 2.45) is 0 Å². The summed E-state index contributed by atoms with van der Waals surface area (Å²) in [5.74, 6) is 0. The molecule has 0 radical (unpaired) electrons. The summed E-state index contributed by atoms with van der Waals surface area (Å²) in [4.78, 5) is 10.9. The molecule has 102 valence electrons. The number of aliphatic hydroxyl groups excluding tert-OH is 1. The summed E-state index contributed by atoms with van der Waals surface area (Å²) in [5, 5.41) is 11.9. The van der Waals surface area contributed by atoms with Crippen LogP contribution in [0.4, 0.5) is 4.79 Å². The average molecular weight is 267 g/mol. The number of ether oxygens (including phenoxy) is 1. The fourth-order valence-corrected chi connectivity index (χ4v) is 1.18. The Morgan fingerprint density at radius 2 is 1.88 bits per heavy atom. The third-order valence-corrected chi connectivity index (χ3v) is 2.18. The molecule has 0 bridgehead atoms. The van der Waals surface area contributed by atoms with Crippen molar-refractivity contribution in [3.8, 4) is 0 Å². The number of alkyl carbamates (subject to hydrolysis) is 1. The lowest BCUT2D eigenvalue weighted by atomic mass is 10.2. The number of hydrogen-bond donors (Lipinski definition) is 2. The van der Waals surface area contributed by atoms with Crippen molar-refractivity contribution in [1.29, 1.82) is 0 Å². The molecule has 0 unspecified atom stereocenters. The van der Waals surface area contributed by atoms with Crippen molar-refractivity contribution in [3.63, 3.8) is 0 Å². The molecule has 6 nitrogen and oxygen atoms in total. The van der Waals surface area contributed by atoms with Gasteiger partial charge in [-0.15, -0.1) is 0 Å². The van der Waals surface area contributed by atoms with Crippen LogP contribution in [-0.2, 0) is 15.0 Å². The molecular weight excluding hydrogens is 246 g/mol. The Hall–Kier alpha value is -1.08. The van der Waals surface area contributed by atoms with Crippen LogP contribution in [0.2, 0.25) is 0 Å². The van der Waals surface area contributed by atoms with Crippen molar-refractivity contribution in [2.75, 3.05) is 19.8 Å². The maximum absolute atomic E-state index is 10.9. The number of hydrogen-bond acceptors (Lipinski definition) is 5. The summed E-state index contributed by atoms with van der Waals surface area (Å²) in [7, 11) is -2.30. The molecular formula is C10H21NO5S. The molecule has 0 heterocycles. The van der Waals surface area contributed by atoms with Crippen LogP contribution in [0.15, 0.2) is 0 Å². The van der Waals surface area contributed by atoms with Crippen molar-refractivity contribution >= 4 is 21.8 Å². The molecule has 0 spiro atoms. The SMILES string of the molecule is C.O=C(NCCCCCCO)OCC=S(=O)=O. The first-order chi connectivity index (χ1) is 7.66. The van der Waals surface area contributed by atoms with Crippen molar-refractivity contribution in [2.45, 2.75) is 33.1 Å². The van der Waals surface area contributed by atoms with Crippen LogP contribution < -0.4 is 5.32 Å². The van der Waals surface area contributed by atoms with Gasteiger partial charge in [-0.1, -0.05) is 20.3 Å². The third kappa shape index (κ3) is 14.9. The van der Waals surface area contributed by atoms with E-state index >= 15 is 0 Å². The van der Waals surface area contributed by atoms with E-state index < -0.39 is 16.4 Å². The summed E-state index contributed by atoms with van der Waals surface area (Å²) in [6, 6.07) is 0. The standard InChI is InChI=1S/C9H17NO5S.CH4/c11-6-4-2-1-3-5-10-9(12)15-7-8-16(13)14;/h8,11H,1-7H2,(H,10,12);1H4. The first kappa shape index (κ1) is 18.3. The lowest BCUT2D eigenvalue weighted by Gasteiger charge is -2.04. The molecule has 17 heavy (non-hydrogen) atoms. The number of rotatable bonds is 8. The van der Waals surface area contributed by atoms with Gasteiger partial charge in [0, 0.05) is 13.2 Å². The second kappa shape index (κ2) is 13.0. The molecule has 0 aromatic rings. The molecule has 0 rings (SSSR count). The molecule has 7 heteroatoms. The zero-order chi connectivity index (χ0) is 12.2. The van der Waals surface area contributed by atoms with Crippen LogP contribution in [0.5, 0.6) is 0 Å². The van der Waals surface area contributed by atoms with Crippen LogP contribution in [-0.4, -0.2) is 44.7 Å². The van der Waals surface area contributed by atoms with E-state index in [9.17, 15) is 13.2 Å². The van der Waals surface area contributed by atoms with Gasteiger partial charge in [0.25, 0.3) is 0 Å². The number of nitrogens with one attached hydrogen (secondary N) is 1. The minimum Gasteiger partial charge on any atom is -0.444 e.